The Morgan fingerprint density at radius 3 is 2.75 bits per heavy atom. The first-order valence-corrected chi connectivity index (χ1v) is 6.45. The van der Waals surface area contributed by atoms with Gasteiger partial charge in [-0.15, -0.1) is 0 Å². The second-order valence-electron chi connectivity index (χ2n) is 4.31. The summed E-state index contributed by atoms with van der Waals surface area (Å²) >= 11 is 1.32. The van der Waals surface area contributed by atoms with Crippen molar-refractivity contribution in [1.82, 2.24) is 5.32 Å². The quantitative estimate of drug-likeness (QED) is 0.653. The number of hydrogen-bond acceptors (Lipinski definition) is 4. The van der Waals surface area contributed by atoms with Crippen molar-refractivity contribution in [2.24, 2.45) is 5.92 Å². The molecule has 0 amide bonds. The second kappa shape index (κ2) is 4.93. The zero-order valence-electron chi connectivity index (χ0n) is 9.31. The molecule has 2 heterocycles. The van der Waals surface area contributed by atoms with Gasteiger partial charge in [0.05, 0.1) is 4.92 Å². The van der Waals surface area contributed by atoms with Crippen molar-refractivity contribution < 1.29 is 4.92 Å². The third-order valence-electron chi connectivity index (χ3n) is 3.33. The van der Waals surface area contributed by atoms with E-state index in [4.69, 9.17) is 0 Å². The summed E-state index contributed by atoms with van der Waals surface area (Å²) in [5.74, 6) is 1.11. The first-order valence-electron chi connectivity index (χ1n) is 5.63. The van der Waals surface area contributed by atoms with Gasteiger partial charge in [-0.2, -0.15) is 0 Å². The van der Waals surface area contributed by atoms with Crippen molar-refractivity contribution in [3.8, 4) is 0 Å². The van der Waals surface area contributed by atoms with Crippen molar-refractivity contribution in [2.45, 2.75) is 25.7 Å². The predicted octanol–water partition coefficient (Wildman–Crippen LogP) is 2.76. The zero-order valence-corrected chi connectivity index (χ0v) is 10.1. The molecule has 0 radical (unpaired) electrons. The highest BCUT2D eigenvalue weighted by Gasteiger charge is 2.23. The molecule has 1 aliphatic rings. The fraction of sp³-hybridized carbons (Fsp3) is 0.636. The van der Waals surface area contributed by atoms with E-state index in [1.54, 1.807) is 6.07 Å². The number of thiophene rings is 1. The minimum absolute atomic E-state index is 0.260. The lowest BCUT2D eigenvalue weighted by atomic mass is 9.85. The van der Waals surface area contributed by atoms with Crippen LogP contribution in [0, 0.1) is 16.0 Å². The highest BCUT2D eigenvalue weighted by molar-refractivity contribution is 7.15. The lowest BCUT2D eigenvalue weighted by Gasteiger charge is -2.27. The van der Waals surface area contributed by atoms with E-state index in [2.05, 4.69) is 12.2 Å². The lowest BCUT2D eigenvalue weighted by molar-refractivity contribution is -0.380. The summed E-state index contributed by atoms with van der Waals surface area (Å²) in [6.45, 7) is 4.33. The monoisotopic (exact) mass is 240 g/mol. The van der Waals surface area contributed by atoms with Gasteiger partial charge in [0.15, 0.2) is 0 Å². The molecule has 16 heavy (non-hydrogen) atoms. The fourth-order valence-electron chi connectivity index (χ4n) is 2.26. The summed E-state index contributed by atoms with van der Waals surface area (Å²) in [5, 5.41) is 14.2. The zero-order chi connectivity index (χ0) is 11.5. The summed E-state index contributed by atoms with van der Waals surface area (Å²) < 4.78 is 0. The number of piperidine rings is 1. The molecule has 5 heteroatoms. The Hall–Kier alpha value is -0.940. The fourth-order valence-corrected chi connectivity index (χ4v) is 3.23. The van der Waals surface area contributed by atoms with E-state index in [1.165, 1.54) is 24.2 Å². The molecule has 0 bridgehead atoms. The van der Waals surface area contributed by atoms with Gasteiger partial charge in [0.2, 0.25) is 0 Å². The average Bonchev–Trinajstić information content (AvgIpc) is 2.78. The highest BCUT2D eigenvalue weighted by atomic mass is 32.1. The average molecular weight is 240 g/mol. The highest BCUT2D eigenvalue weighted by Crippen LogP contribution is 2.36. The maximum atomic E-state index is 10.6. The number of hydrogen-bond donors (Lipinski definition) is 1. The third kappa shape index (κ3) is 2.41. The number of nitro groups is 1. The van der Waals surface area contributed by atoms with E-state index >= 15 is 0 Å². The minimum atomic E-state index is -0.302. The van der Waals surface area contributed by atoms with E-state index in [-0.39, 0.29) is 9.92 Å². The molecular formula is C11H16N2O2S. The van der Waals surface area contributed by atoms with E-state index in [1.807, 2.05) is 6.07 Å². The predicted molar refractivity (Wildman–Crippen MR) is 65.0 cm³/mol. The van der Waals surface area contributed by atoms with E-state index in [0.29, 0.717) is 11.8 Å². The van der Waals surface area contributed by atoms with E-state index in [0.717, 1.165) is 18.0 Å². The van der Waals surface area contributed by atoms with Crippen LogP contribution in [0.4, 0.5) is 5.00 Å². The van der Waals surface area contributed by atoms with Gasteiger partial charge in [0.1, 0.15) is 0 Å². The molecule has 1 aromatic heterocycles. The first kappa shape index (κ1) is 11.5. The molecule has 0 spiro atoms. The Bertz CT molecular complexity index is 372. The number of rotatable bonds is 3. The third-order valence-corrected chi connectivity index (χ3v) is 4.57. The Labute approximate surface area is 98.8 Å². The van der Waals surface area contributed by atoms with Gasteiger partial charge in [-0.05, 0) is 43.8 Å². The van der Waals surface area contributed by atoms with Crippen molar-refractivity contribution >= 4 is 16.3 Å². The summed E-state index contributed by atoms with van der Waals surface area (Å²) in [5.41, 5.74) is 0. The normalized spacial score (nSPS) is 19.6. The first-order chi connectivity index (χ1) is 7.68. The molecular weight excluding hydrogens is 224 g/mol. The lowest BCUT2D eigenvalue weighted by Crippen LogP contribution is -2.29. The maximum absolute atomic E-state index is 10.6. The van der Waals surface area contributed by atoms with Crippen LogP contribution in [0.25, 0.3) is 0 Å². The molecule has 1 saturated heterocycles. The summed E-state index contributed by atoms with van der Waals surface area (Å²) in [6, 6.07) is 3.53. The summed E-state index contributed by atoms with van der Waals surface area (Å²) in [4.78, 5) is 11.5. The maximum Gasteiger partial charge on any atom is 0.324 e. The van der Waals surface area contributed by atoms with E-state index < -0.39 is 0 Å². The van der Waals surface area contributed by atoms with Crippen LogP contribution in [-0.4, -0.2) is 18.0 Å². The van der Waals surface area contributed by atoms with Crippen molar-refractivity contribution in [3.05, 3.63) is 27.1 Å². The minimum Gasteiger partial charge on any atom is -0.317 e. The molecule has 0 saturated carbocycles. The molecule has 4 nitrogen and oxygen atoms in total. The van der Waals surface area contributed by atoms with Crippen LogP contribution in [0.2, 0.25) is 0 Å². The molecule has 1 unspecified atom stereocenters. The van der Waals surface area contributed by atoms with Gasteiger partial charge < -0.3 is 5.32 Å². The van der Waals surface area contributed by atoms with Crippen LogP contribution in [0.5, 0.6) is 0 Å². The van der Waals surface area contributed by atoms with Gasteiger partial charge in [-0.3, -0.25) is 10.1 Å². The van der Waals surface area contributed by atoms with Crippen LogP contribution < -0.4 is 5.32 Å². The smallest absolute Gasteiger partial charge is 0.317 e. The number of nitrogens with one attached hydrogen (secondary N) is 1. The van der Waals surface area contributed by atoms with Crippen LogP contribution in [0.15, 0.2) is 12.1 Å². The Morgan fingerprint density at radius 2 is 2.19 bits per heavy atom. The van der Waals surface area contributed by atoms with Crippen LogP contribution in [0.3, 0.4) is 0 Å². The number of nitrogens with zero attached hydrogens (tertiary/aromatic N) is 1. The Morgan fingerprint density at radius 1 is 1.50 bits per heavy atom. The molecule has 2 rings (SSSR count). The van der Waals surface area contributed by atoms with Crippen LogP contribution in [-0.2, 0) is 0 Å². The van der Waals surface area contributed by atoms with E-state index in [9.17, 15) is 10.1 Å². The van der Waals surface area contributed by atoms with Crippen molar-refractivity contribution in [2.75, 3.05) is 13.1 Å². The van der Waals surface area contributed by atoms with Gasteiger partial charge in [0, 0.05) is 10.9 Å². The van der Waals surface area contributed by atoms with Gasteiger partial charge in [0.25, 0.3) is 0 Å². The molecule has 1 atom stereocenters. The molecule has 1 aliphatic heterocycles. The second-order valence-corrected chi connectivity index (χ2v) is 5.40. The summed E-state index contributed by atoms with van der Waals surface area (Å²) in [7, 11) is 0. The molecule has 1 aromatic rings. The van der Waals surface area contributed by atoms with Crippen LogP contribution >= 0.6 is 11.3 Å². The summed E-state index contributed by atoms with van der Waals surface area (Å²) in [6.07, 6.45) is 2.35. The molecule has 1 fully saturated rings. The molecule has 0 aliphatic carbocycles. The Kier molecular flexibility index (Phi) is 3.56. The van der Waals surface area contributed by atoms with Gasteiger partial charge >= 0.3 is 5.00 Å². The van der Waals surface area contributed by atoms with Gasteiger partial charge in [-0.1, -0.05) is 18.3 Å². The SMILES string of the molecule is CC(c1ccc([N+](=O)[O-])s1)C1CCNCC1. The topological polar surface area (TPSA) is 55.2 Å². The molecule has 1 N–H and O–H groups in total. The van der Waals surface area contributed by atoms with Crippen molar-refractivity contribution in [1.29, 1.82) is 0 Å². The van der Waals surface area contributed by atoms with Gasteiger partial charge in [-0.25, -0.2) is 0 Å². The molecule has 88 valence electrons. The largest absolute Gasteiger partial charge is 0.324 e. The van der Waals surface area contributed by atoms with Crippen molar-refractivity contribution in [3.63, 3.8) is 0 Å². The Balaban J connectivity index is 2.07. The van der Waals surface area contributed by atoms with Crippen LogP contribution in [0.1, 0.15) is 30.6 Å². The standard InChI is InChI=1S/C11H16N2O2S/c1-8(9-4-6-12-7-5-9)10-2-3-11(16-10)13(14)15/h2-3,8-9,12H,4-7H2,1H3. The molecule has 0 aromatic carbocycles.